The minimum Gasteiger partial charge on any atom is -0.484 e. The molecule has 134 valence electrons. The van der Waals surface area contributed by atoms with Gasteiger partial charge in [-0.3, -0.25) is 4.79 Å². The van der Waals surface area contributed by atoms with E-state index in [1.54, 1.807) is 0 Å². The lowest BCUT2D eigenvalue weighted by molar-refractivity contribution is 0.0914. The number of hydrogen-bond donors (Lipinski definition) is 0. The molecule has 4 nitrogen and oxygen atoms in total. The number of aryl methyl sites for hydroxylation is 1. The number of hydrogen-bond acceptors (Lipinski definition) is 3. The van der Waals surface area contributed by atoms with Gasteiger partial charge in [0.15, 0.2) is 6.61 Å². The SMILES string of the molecule is Cc1cc(C(=O)COc2ccc(F)cc2Br)c(C)n1C[C@@H]1CCCO1. The summed E-state index contributed by atoms with van der Waals surface area (Å²) in [6.45, 7) is 5.44. The van der Waals surface area contributed by atoms with E-state index < -0.39 is 0 Å². The highest BCUT2D eigenvalue weighted by molar-refractivity contribution is 9.10. The second kappa shape index (κ2) is 7.70. The first-order valence-corrected chi connectivity index (χ1v) is 9.14. The van der Waals surface area contributed by atoms with Crippen LogP contribution in [0.3, 0.4) is 0 Å². The summed E-state index contributed by atoms with van der Waals surface area (Å²) in [5.41, 5.74) is 2.63. The fraction of sp³-hybridized carbons (Fsp3) is 0.421. The molecule has 0 spiro atoms. The zero-order valence-corrected chi connectivity index (χ0v) is 15.9. The Hall–Kier alpha value is -1.66. The Morgan fingerprint density at radius 2 is 2.20 bits per heavy atom. The van der Waals surface area contributed by atoms with E-state index in [1.165, 1.54) is 18.2 Å². The van der Waals surface area contributed by atoms with Gasteiger partial charge < -0.3 is 14.0 Å². The van der Waals surface area contributed by atoms with Gasteiger partial charge in [-0.15, -0.1) is 0 Å². The molecule has 0 saturated carbocycles. The Morgan fingerprint density at radius 1 is 1.40 bits per heavy atom. The molecule has 1 saturated heterocycles. The van der Waals surface area contributed by atoms with Crippen LogP contribution in [0.1, 0.15) is 34.6 Å². The lowest BCUT2D eigenvalue weighted by atomic mass is 10.1. The summed E-state index contributed by atoms with van der Waals surface area (Å²) in [5, 5.41) is 0. The van der Waals surface area contributed by atoms with Gasteiger partial charge in [0.25, 0.3) is 0 Å². The van der Waals surface area contributed by atoms with Gasteiger partial charge in [-0.1, -0.05) is 0 Å². The smallest absolute Gasteiger partial charge is 0.202 e. The second-order valence-electron chi connectivity index (χ2n) is 6.32. The van der Waals surface area contributed by atoms with Crippen molar-refractivity contribution in [2.24, 2.45) is 0 Å². The molecule has 1 aliphatic rings. The molecular formula is C19H21BrFNO3. The molecule has 1 aromatic carbocycles. The number of aromatic nitrogens is 1. The lowest BCUT2D eigenvalue weighted by Crippen LogP contribution is -2.18. The second-order valence-corrected chi connectivity index (χ2v) is 7.17. The molecule has 25 heavy (non-hydrogen) atoms. The first kappa shape index (κ1) is 18.1. The van der Waals surface area contributed by atoms with Crippen molar-refractivity contribution in [2.75, 3.05) is 13.2 Å². The van der Waals surface area contributed by atoms with Gasteiger partial charge in [0, 0.05) is 30.1 Å². The van der Waals surface area contributed by atoms with Crippen LogP contribution in [0.25, 0.3) is 0 Å². The summed E-state index contributed by atoms with van der Waals surface area (Å²) >= 11 is 3.24. The molecule has 0 radical (unpaired) electrons. The number of Topliss-reactive ketones (excluding diaryl/α,β-unsaturated/α-hetero) is 1. The Labute approximate surface area is 155 Å². The summed E-state index contributed by atoms with van der Waals surface area (Å²) in [7, 11) is 0. The Kier molecular flexibility index (Phi) is 5.59. The topological polar surface area (TPSA) is 40.5 Å². The number of carbonyl (C=O) groups excluding carboxylic acids is 1. The Morgan fingerprint density at radius 3 is 2.88 bits per heavy atom. The van der Waals surface area contributed by atoms with Crippen LogP contribution >= 0.6 is 15.9 Å². The number of rotatable bonds is 6. The van der Waals surface area contributed by atoms with Crippen LogP contribution in [0.5, 0.6) is 5.75 Å². The molecule has 1 aromatic heterocycles. The summed E-state index contributed by atoms with van der Waals surface area (Å²) < 4.78 is 27.0. The first-order chi connectivity index (χ1) is 12.0. The van der Waals surface area contributed by atoms with Gasteiger partial charge >= 0.3 is 0 Å². The van der Waals surface area contributed by atoms with E-state index in [-0.39, 0.29) is 24.3 Å². The Bertz CT molecular complexity index is 781. The number of carbonyl (C=O) groups is 1. The molecule has 2 heterocycles. The van der Waals surface area contributed by atoms with E-state index in [4.69, 9.17) is 9.47 Å². The molecule has 0 aliphatic carbocycles. The van der Waals surface area contributed by atoms with E-state index >= 15 is 0 Å². The van der Waals surface area contributed by atoms with Crippen molar-refractivity contribution in [3.05, 3.63) is 51.5 Å². The van der Waals surface area contributed by atoms with Crippen molar-refractivity contribution < 1.29 is 18.7 Å². The number of halogens is 2. The average Bonchev–Trinajstić information content (AvgIpc) is 3.17. The van der Waals surface area contributed by atoms with Crippen LogP contribution in [0.2, 0.25) is 0 Å². The average molecular weight is 410 g/mol. The predicted molar refractivity (Wildman–Crippen MR) is 96.8 cm³/mol. The molecule has 0 unspecified atom stereocenters. The number of nitrogens with zero attached hydrogens (tertiary/aromatic N) is 1. The van der Waals surface area contributed by atoms with E-state index in [0.29, 0.717) is 15.8 Å². The van der Waals surface area contributed by atoms with Crippen molar-refractivity contribution in [3.63, 3.8) is 0 Å². The number of ketones is 1. The highest BCUT2D eigenvalue weighted by Crippen LogP contribution is 2.26. The van der Waals surface area contributed by atoms with Gasteiger partial charge in [-0.2, -0.15) is 0 Å². The number of benzene rings is 1. The van der Waals surface area contributed by atoms with Crippen LogP contribution in [0, 0.1) is 19.7 Å². The molecule has 3 rings (SSSR count). The largest absolute Gasteiger partial charge is 0.484 e. The molecule has 0 N–H and O–H groups in total. The molecule has 1 atom stereocenters. The quantitative estimate of drug-likeness (QED) is 0.661. The highest BCUT2D eigenvalue weighted by Gasteiger charge is 2.21. The van der Waals surface area contributed by atoms with Crippen molar-refractivity contribution >= 4 is 21.7 Å². The molecule has 0 bridgehead atoms. The van der Waals surface area contributed by atoms with Gasteiger partial charge in [0.2, 0.25) is 5.78 Å². The van der Waals surface area contributed by atoms with Crippen molar-refractivity contribution in [1.29, 1.82) is 0 Å². The van der Waals surface area contributed by atoms with Gasteiger partial charge in [-0.05, 0) is 66.9 Å². The van der Waals surface area contributed by atoms with Crippen LogP contribution in [0.15, 0.2) is 28.7 Å². The predicted octanol–water partition coefficient (Wildman–Crippen LogP) is 4.45. The molecule has 1 fully saturated rings. The third-order valence-corrected chi connectivity index (χ3v) is 5.16. The van der Waals surface area contributed by atoms with Gasteiger partial charge in [0.1, 0.15) is 11.6 Å². The summed E-state index contributed by atoms with van der Waals surface area (Å²) in [5.74, 6) is -0.00550. The molecule has 6 heteroatoms. The van der Waals surface area contributed by atoms with Crippen LogP contribution < -0.4 is 4.74 Å². The maximum absolute atomic E-state index is 13.1. The van der Waals surface area contributed by atoms with Crippen LogP contribution in [-0.4, -0.2) is 29.7 Å². The van der Waals surface area contributed by atoms with Crippen LogP contribution in [0.4, 0.5) is 4.39 Å². The zero-order valence-electron chi connectivity index (χ0n) is 14.4. The van der Waals surface area contributed by atoms with Gasteiger partial charge in [-0.25, -0.2) is 4.39 Å². The maximum Gasteiger partial charge on any atom is 0.202 e. The molecular weight excluding hydrogens is 389 g/mol. The lowest BCUT2D eigenvalue weighted by Gasteiger charge is -2.15. The molecule has 1 aliphatic heterocycles. The minimum atomic E-state index is -0.358. The van der Waals surface area contributed by atoms with Crippen molar-refractivity contribution in [3.8, 4) is 5.75 Å². The standard InChI is InChI=1S/C19H21BrFNO3/c1-12-8-16(13(2)22(12)10-15-4-3-7-24-15)18(23)11-25-19-6-5-14(21)9-17(19)20/h5-6,8-9,15H,3-4,7,10-11H2,1-2H3/t15-/m0/s1. The van der Waals surface area contributed by atoms with Crippen molar-refractivity contribution in [1.82, 2.24) is 4.57 Å². The molecule has 0 amide bonds. The van der Waals surface area contributed by atoms with Gasteiger partial charge in [0.05, 0.1) is 10.6 Å². The number of ether oxygens (including phenoxy) is 2. The summed E-state index contributed by atoms with van der Waals surface area (Å²) in [6.07, 6.45) is 2.37. The third kappa shape index (κ3) is 4.12. The third-order valence-electron chi connectivity index (χ3n) is 4.54. The summed E-state index contributed by atoms with van der Waals surface area (Å²) in [6, 6.07) is 6.02. The van der Waals surface area contributed by atoms with E-state index in [1.807, 2.05) is 19.9 Å². The van der Waals surface area contributed by atoms with E-state index in [9.17, 15) is 9.18 Å². The van der Waals surface area contributed by atoms with E-state index in [0.717, 1.165) is 37.4 Å². The fourth-order valence-electron chi connectivity index (χ4n) is 3.17. The Balaban J connectivity index is 1.69. The highest BCUT2D eigenvalue weighted by atomic mass is 79.9. The molecule has 2 aromatic rings. The minimum absolute atomic E-state index is 0.0888. The van der Waals surface area contributed by atoms with Crippen molar-refractivity contribution in [2.45, 2.75) is 39.3 Å². The normalized spacial score (nSPS) is 17.0. The fourth-order valence-corrected chi connectivity index (χ4v) is 3.63. The van der Waals surface area contributed by atoms with Crippen LogP contribution in [-0.2, 0) is 11.3 Å². The zero-order chi connectivity index (χ0) is 18.0. The summed E-state index contributed by atoms with van der Waals surface area (Å²) in [4.78, 5) is 12.6. The first-order valence-electron chi connectivity index (χ1n) is 8.35. The van der Waals surface area contributed by atoms with E-state index in [2.05, 4.69) is 20.5 Å². The maximum atomic E-state index is 13.1. The monoisotopic (exact) mass is 409 g/mol.